The SMILES string of the molecule is O=c1[nH]c(-c2ccncc2)nc2c1CCC2. The van der Waals surface area contributed by atoms with Crippen LogP contribution in [0, 0.1) is 0 Å². The highest BCUT2D eigenvalue weighted by Crippen LogP contribution is 2.19. The van der Waals surface area contributed by atoms with Crippen molar-refractivity contribution in [3.8, 4) is 11.4 Å². The normalized spacial score (nSPS) is 13.8. The molecule has 4 nitrogen and oxygen atoms in total. The largest absolute Gasteiger partial charge is 0.306 e. The van der Waals surface area contributed by atoms with Crippen molar-refractivity contribution in [3.05, 3.63) is 46.1 Å². The van der Waals surface area contributed by atoms with Gasteiger partial charge in [-0.3, -0.25) is 9.78 Å². The summed E-state index contributed by atoms with van der Waals surface area (Å²) in [6.07, 6.45) is 6.20. The maximum Gasteiger partial charge on any atom is 0.254 e. The number of aromatic nitrogens is 3. The van der Waals surface area contributed by atoms with Gasteiger partial charge in [-0.2, -0.15) is 0 Å². The summed E-state index contributed by atoms with van der Waals surface area (Å²) in [5.41, 5.74) is 2.73. The highest BCUT2D eigenvalue weighted by molar-refractivity contribution is 5.54. The maximum atomic E-state index is 11.8. The van der Waals surface area contributed by atoms with E-state index in [-0.39, 0.29) is 5.56 Å². The second-order valence-corrected chi connectivity index (χ2v) is 3.93. The fraction of sp³-hybridized carbons (Fsp3) is 0.250. The molecule has 0 atom stereocenters. The number of H-pyrrole nitrogens is 1. The molecular weight excluding hydrogens is 202 g/mol. The van der Waals surface area contributed by atoms with Crippen molar-refractivity contribution in [2.45, 2.75) is 19.3 Å². The molecule has 2 heterocycles. The van der Waals surface area contributed by atoms with Crippen molar-refractivity contribution in [2.24, 2.45) is 0 Å². The first kappa shape index (κ1) is 9.27. The van der Waals surface area contributed by atoms with Gasteiger partial charge in [0.25, 0.3) is 5.56 Å². The third-order valence-electron chi connectivity index (χ3n) is 2.90. The van der Waals surface area contributed by atoms with Crippen LogP contribution in [0.25, 0.3) is 11.4 Å². The fourth-order valence-electron chi connectivity index (χ4n) is 2.09. The predicted molar refractivity (Wildman–Crippen MR) is 60.1 cm³/mol. The van der Waals surface area contributed by atoms with E-state index in [2.05, 4.69) is 15.0 Å². The molecule has 80 valence electrons. The summed E-state index contributed by atoms with van der Waals surface area (Å²) >= 11 is 0. The smallest absolute Gasteiger partial charge is 0.254 e. The van der Waals surface area contributed by atoms with Crippen LogP contribution in [0.15, 0.2) is 29.3 Å². The van der Waals surface area contributed by atoms with Gasteiger partial charge in [0.2, 0.25) is 0 Å². The molecule has 1 aliphatic carbocycles. The van der Waals surface area contributed by atoms with E-state index < -0.39 is 0 Å². The number of aryl methyl sites for hydroxylation is 1. The number of pyridine rings is 1. The van der Waals surface area contributed by atoms with Gasteiger partial charge in [0.15, 0.2) is 0 Å². The number of fused-ring (bicyclic) bond motifs is 1. The van der Waals surface area contributed by atoms with Gasteiger partial charge >= 0.3 is 0 Å². The number of hydrogen-bond acceptors (Lipinski definition) is 3. The molecule has 0 amide bonds. The molecule has 0 bridgehead atoms. The summed E-state index contributed by atoms with van der Waals surface area (Å²) in [5.74, 6) is 0.646. The Morgan fingerprint density at radius 3 is 2.81 bits per heavy atom. The first-order valence-electron chi connectivity index (χ1n) is 5.37. The van der Waals surface area contributed by atoms with Crippen LogP contribution in [-0.4, -0.2) is 15.0 Å². The van der Waals surface area contributed by atoms with E-state index in [1.165, 1.54) is 0 Å². The molecule has 1 N–H and O–H groups in total. The quantitative estimate of drug-likeness (QED) is 0.777. The minimum Gasteiger partial charge on any atom is -0.306 e. The summed E-state index contributed by atoms with van der Waals surface area (Å²) < 4.78 is 0. The molecule has 3 rings (SSSR count). The third-order valence-corrected chi connectivity index (χ3v) is 2.90. The minimum atomic E-state index is 0.00862. The molecule has 0 unspecified atom stereocenters. The fourth-order valence-corrected chi connectivity index (χ4v) is 2.09. The van der Waals surface area contributed by atoms with E-state index in [9.17, 15) is 4.79 Å². The van der Waals surface area contributed by atoms with Crippen LogP contribution in [0.1, 0.15) is 17.7 Å². The zero-order valence-electron chi connectivity index (χ0n) is 8.73. The lowest BCUT2D eigenvalue weighted by Crippen LogP contribution is -2.15. The van der Waals surface area contributed by atoms with Crippen LogP contribution in [0.5, 0.6) is 0 Å². The first-order chi connectivity index (χ1) is 7.84. The third kappa shape index (κ3) is 1.43. The van der Waals surface area contributed by atoms with Gasteiger partial charge in [0.05, 0.1) is 5.69 Å². The van der Waals surface area contributed by atoms with Crippen LogP contribution in [0.2, 0.25) is 0 Å². The summed E-state index contributed by atoms with van der Waals surface area (Å²) in [5, 5.41) is 0. The number of rotatable bonds is 1. The number of hydrogen-bond donors (Lipinski definition) is 1. The zero-order chi connectivity index (χ0) is 11.0. The maximum absolute atomic E-state index is 11.8. The van der Waals surface area contributed by atoms with Crippen LogP contribution < -0.4 is 5.56 Å². The highest BCUT2D eigenvalue weighted by Gasteiger charge is 2.17. The summed E-state index contributed by atoms with van der Waals surface area (Å²) in [7, 11) is 0. The molecule has 0 saturated carbocycles. The van der Waals surface area contributed by atoms with Crippen LogP contribution in [-0.2, 0) is 12.8 Å². The molecule has 1 aliphatic rings. The Morgan fingerprint density at radius 1 is 1.19 bits per heavy atom. The van der Waals surface area contributed by atoms with Crippen LogP contribution in [0.3, 0.4) is 0 Å². The number of aromatic amines is 1. The van der Waals surface area contributed by atoms with E-state index in [0.29, 0.717) is 5.82 Å². The van der Waals surface area contributed by atoms with Crippen LogP contribution >= 0.6 is 0 Å². The van der Waals surface area contributed by atoms with Crippen molar-refractivity contribution in [1.82, 2.24) is 15.0 Å². The van der Waals surface area contributed by atoms with Crippen LogP contribution in [0.4, 0.5) is 0 Å². The standard InChI is InChI=1S/C12H11N3O/c16-12-9-2-1-3-10(9)14-11(15-12)8-4-6-13-7-5-8/h4-7H,1-3H2,(H,14,15,16). The van der Waals surface area contributed by atoms with E-state index >= 15 is 0 Å². The second-order valence-electron chi connectivity index (χ2n) is 3.93. The van der Waals surface area contributed by atoms with E-state index in [1.54, 1.807) is 12.4 Å². The Labute approximate surface area is 92.4 Å². The van der Waals surface area contributed by atoms with Crippen molar-refractivity contribution < 1.29 is 0 Å². The molecule has 2 aromatic heterocycles. The Kier molecular flexibility index (Phi) is 2.06. The van der Waals surface area contributed by atoms with Gasteiger partial charge < -0.3 is 4.98 Å². The average Bonchev–Trinajstić information content (AvgIpc) is 2.79. The molecule has 0 aliphatic heterocycles. The van der Waals surface area contributed by atoms with E-state index in [0.717, 1.165) is 36.1 Å². The van der Waals surface area contributed by atoms with E-state index in [4.69, 9.17) is 0 Å². The van der Waals surface area contributed by atoms with Crippen molar-refractivity contribution in [1.29, 1.82) is 0 Å². The molecule has 0 aromatic carbocycles. The molecule has 16 heavy (non-hydrogen) atoms. The average molecular weight is 213 g/mol. The molecular formula is C12H11N3O. The molecule has 4 heteroatoms. The van der Waals surface area contributed by atoms with Gasteiger partial charge in [0, 0.05) is 23.5 Å². The Bertz CT molecular complexity index is 575. The summed E-state index contributed by atoms with van der Waals surface area (Å²) in [6.45, 7) is 0. The molecule has 2 aromatic rings. The van der Waals surface area contributed by atoms with E-state index in [1.807, 2.05) is 12.1 Å². The van der Waals surface area contributed by atoms with Crippen molar-refractivity contribution in [3.63, 3.8) is 0 Å². The topological polar surface area (TPSA) is 58.6 Å². The Hall–Kier alpha value is -1.97. The lowest BCUT2D eigenvalue weighted by molar-refractivity contribution is 0.899. The zero-order valence-corrected chi connectivity index (χ0v) is 8.73. The monoisotopic (exact) mass is 213 g/mol. The van der Waals surface area contributed by atoms with Crippen molar-refractivity contribution in [2.75, 3.05) is 0 Å². The van der Waals surface area contributed by atoms with Gasteiger partial charge in [-0.05, 0) is 31.4 Å². The molecule has 0 spiro atoms. The number of nitrogens with one attached hydrogen (secondary N) is 1. The summed E-state index contributed by atoms with van der Waals surface area (Å²) in [6, 6.07) is 3.69. The number of nitrogens with zero attached hydrogens (tertiary/aromatic N) is 2. The van der Waals surface area contributed by atoms with Gasteiger partial charge in [-0.1, -0.05) is 0 Å². The van der Waals surface area contributed by atoms with Gasteiger partial charge in [-0.25, -0.2) is 4.98 Å². The Morgan fingerprint density at radius 2 is 2.00 bits per heavy atom. The lowest BCUT2D eigenvalue weighted by atomic mass is 10.2. The summed E-state index contributed by atoms with van der Waals surface area (Å²) in [4.78, 5) is 23.1. The van der Waals surface area contributed by atoms with Gasteiger partial charge in [0.1, 0.15) is 5.82 Å². The first-order valence-corrected chi connectivity index (χ1v) is 5.37. The van der Waals surface area contributed by atoms with Gasteiger partial charge in [-0.15, -0.1) is 0 Å². The predicted octanol–water partition coefficient (Wildman–Crippen LogP) is 1.32. The molecule has 0 radical (unpaired) electrons. The highest BCUT2D eigenvalue weighted by atomic mass is 16.1. The Balaban J connectivity index is 2.17. The second kappa shape index (κ2) is 3.56. The minimum absolute atomic E-state index is 0.00862. The molecule has 0 saturated heterocycles. The van der Waals surface area contributed by atoms with Crippen molar-refractivity contribution >= 4 is 0 Å². The molecule has 0 fully saturated rings. The lowest BCUT2D eigenvalue weighted by Gasteiger charge is -2.03.